The predicted molar refractivity (Wildman–Crippen MR) is 136 cm³/mol. The van der Waals surface area contributed by atoms with Crippen LogP contribution in [-0.2, 0) is 13.1 Å². The number of halogens is 1. The SMILES string of the molecule is CN(C)CCCNc1nc(CN2CCN(Cc3cccc(Br)c3)CC2)nc2ccccc12. The quantitative estimate of drug-likeness (QED) is 0.450. The summed E-state index contributed by atoms with van der Waals surface area (Å²) in [6, 6.07) is 16.9. The number of fused-ring (bicyclic) bond motifs is 1. The number of rotatable bonds is 9. The molecule has 1 aliphatic rings. The van der Waals surface area contributed by atoms with E-state index in [1.807, 2.05) is 0 Å². The van der Waals surface area contributed by atoms with Crippen LogP contribution in [0.25, 0.3) is 10.9 Å². The first kappa shape index (κ1) is 23.1. The maximum absolute atomic E-state index is 4.91. The van der Waals surface area contributed by atoms with Crippen LogP contribution < -0.4 is 5.32 Å². The molecule has 0 saturated carbocycles. The van der Waals surface area contributed by atoms with Gasteiger partial charge in [-0.15, -0.1) is 0 Å². The van der Waals surface area contributed by atoms with Gasteiger partial charge in [-0.05, 0) is 56.9 Å². The second-order valence-corrected chi connectivity index (χ2v) is 9.69. The molecular weight excluding hydrogens is 464 g/mol. The first-order valence-electron chi connectivity index (χ1n) is 11.4. The third-order valence-electron chi connectivity index (χ3n) is 5.85. The molecule has 3 aromatic rings. The zero-order chi connectivity index (χ0) is 22.3. The Labute approximate surface area is 199 Å². The molecule has 2 heterocycles. The smallest absolute Gasteiger partial charge is 0.145 e. The van der Waals surface area contributed by atoms with Crippen molar-refractivity contribution >= 4 is 32.7 Å². The topological polar surface area (TPSA) is 47.5 Å². The zero-order valence-corrected chi connectivity index (χ0v) is 20.7. The van der Waals surface area contributed by atoms with Crippen molar-refractivity contribution in [1.82, 2.24) is 24.7 Å². The lowest BCUT2D eigenvalue weighted by Crippen LogP contribution is -2.45. The number of hydrogen-bond donors (Lipinski definition) is 1. The number of hydrogen-bond acceptors (Lipinski definition) is 6. The fourth-order valence-electron chi connectivity index (χ4n) is 4.13. The van der Waals surface area contributed by atoms with Crippen LogP contribution in [0.2, 0.25) is 0 Å². The Morgan fingerprint density at radius 2 is 1.69 bits per heavy atom. The molecule has 1 saturated heterocycles. The van der Waals surface area contributed by atoms with E-state index in [9.17, 15) is 0 Å². The Kier molecular flexibility index (Phi) is 8.08. The van der Waals surface area contributed by atoms with Crippen molar-refractivity contribution < 1.29 is 0 Å². The van der Waals surface area contributed by atoms with Crippen molar-refractivity contribution in [2.75, 3.05) is 58.7 Å². The first-order chi connectivity index (χ1) is 15.6. The molecule has 1 fully saturated rings. The van der Waals surface area contributed by atoms with Gasteiger partial charge in [-0.3, -0.25) is 9.80 Å². The van der Waals surface area contributed by atoms with Gasteiger partial charge in [0, 0.05) is 49.1 Å². The van der Waals surface area contributed by atoms with Crippen molar-refractivity contribution in [3.05, 3.63) is 64.4 Å². The molecule has 1 aliphatic heterocycles. The zero-order valence-electron chi connectivity index (χ0n) is 19.1. The normalized spacial score (nSPS) is 15.5. The standard InChI is InChI=1S/C25H33BrN6/c1-30(2)12-6-11-27-25-22-9-3-4-10-23(22)28-24(29-25)19-32-15-13-31(14-16-32)18-20-7-5-8-21(26)17-20/h3-5,7-10,17H,6,11-16,18-19H2,1-2H3,(H,27,28,29). The molecule has 170 valence electrons. The van der Waals surface area contributed by atoms with Crippen molar-refractivity contribution in [2.24, 2.45) is 0 Å². The number of piperazine rings is 1. The van der Waals surface area contributed by atoms with Crippen molar-refractivity contribution in [3.63, 3.8) is 0 Å². The Hall–Kier alpha value is -2.06. The molecule has 2 aromatic carbocycles. The Bertz CT molecular complexity index is 1020. The summed E-state index contributed by atoms with van der Waals surface area (Å²) in [5.41, 5.74) is 2.37. The molecule has 1 aromatic heterocycles. The minimum Gasteiger partial charge on any atom is -0.369 e. The van der Waals surface area contributed by atoms with Gasteiger partial charge >= 0.3 is 0 Å². The predicted octanol–water partition coefficient (Wildman–Crippen LogP) is 4.07. The maximum Gasteiger partial charge on any atom is 0.145 e. The molecule has 0 spiro atoms. The fourth-order valence-corrected chi connectivity index (χ4v) is 4.58. The molecule has 0 atom stereocenters. The highest BCUT2D eigenvalue weighted by atomic mass is 79.9. The van der Waals surface area contributed by atoms with Crippen LogP contribution in [-0.4, -0.2) is 78.0 Å². The highest BCUT2D eigenvalue weighted by Gasteiger charge is 2.19. The summed E-state index contributed by atoms with van der Waals surface area (Å²) in [5.74, 6) is 1.86. The third kappa shape index (κ3) is 6.48. The van der Waals surface area contributed by atoms with Gasteiger partial charge in [0.05, 0.1) is 12.1 Å². The molecule has 32 heavy (non-hydrogen) atoms. The van der Waals surface area contributed by atoms with Crippen molar-refractivity contribution in [2.45, 2.75) is 19.5 Å². The molecular formula is C25H33BrN6. The lowest BCUT2D eigenvalue weighted by molar-refractivity contribution is 0.120. The molecule has 6 nitrogen and oxygen atoms in total. The van der Waals surface area contributed by atoms with E-state index in [4.69, 9.17) is 9.97 Å². The van der Waals surface area contributed by atoms with E-state index in [1.165, 1.54) is 5.56 Å². The molecule has 0 amide bonds. The van der Waals surface area contributed by atoms with Gasteiger partial charge in [-0.25, -0.2) is 9.97 Å². The minimum absolute atomic E-state index is 0.794. The van der Waals surface area contributed by atoms with Crippen LogP contribution in [0.4, 0.5) is 5.82 Å². The molecule has 1 N–H and O–H groups in total. The van der Waals surface area contributed by atoms with Crippen LogP contribution in [0, 0.1) is 0 Å². The summed E-state index contributed by atoms with van der Waals surface area (Å²) >= 11 is 3.57. The number of para-hydroxylation sites is 1. The number of nitrogens with one attached hydrogen (secondary N) is 1. The summed E-state index contributed by atoms with van der Waals surface area (Å²) in [4.78, 5) is 17.0. The van der Waals surface area contributed by atoms with E-state index in [-0.39, 0.29) is 0 Å². The number of aromatic nitrogens is 2. The van der Waals surface area contributed by atoms with Gasteiger partial charge in [0.25, 0.3) is 0 Å². The lowest BCUT2D eigenvalue weighted by Gasteiger charge is -2.34. The molecule has 0 radical (unpaired) electrons. The lowest BCUT2D eigenvalue weighted by atomic mass is 10.2. The third-order valence-corrected chi connectivity index (χ3v) is 6.34. The van der Waals surface area contributed by atoms with Gasteiger partial charge < -0.3 is 10.2 Å². The van der Waals surface area contributed by atoms with Gasteiger partial charge in [-0.2, -0.15) is 0 Å². The number of anilines is 1. The summed E-state index contributed by atoms with van der Waals surface area (Å²) in [6.45, 7) is 7.97. The van der Waals surface area contributed by atoms with Gasteiger partial charge in [-0.1, -0.05) is 40.2 Å². The van der Waals surface area contributed by atoms with Gasteiger partial charge in [0.2, 0.25) is 0 Å². The number of benzene rings is 2. The fraction of sp³-hybridized carbons (Fsp3) is 0.440. The highest BCUT2D eigenvalue weighted by Crippen LogP contribution is 2.21. The van der Waals surface area contributed by atoms with E-state index in [1.54, 1.807) is 0 Å². The van der Waals surface area contributed by atoms with Gasteiger partial charge in [0.15, 0.2) is 0 Å². The van der Waals surface area contributed by atoms with E-state index in [0.29, 0.717) is 0 Å². The Morgan fingerprint density at radius 1 is 0.938 bits per heavy atom. The molecule has 7 heteroatoms. The number of nitrogens with zero attached hydrogens (tertiary/aromatic N) is 5. The summed E-state index contributed by atoms with van der Waals surface area (Å²) in [5, 5.41) is 4.65. The van der Waals surface area contributed by atoms with Crippen molar-refractivity contribution in [1.29, 1.82) is 0 Å². The van der Waals surface area contributed by atoms with E-state index in [0.717, 1.165) is 85.8 Å². The Morgan fingerprint density at radius 3 is 2.44 bits per heavy atom. The highest BCUT2D eigenvalue weighted by molar-refractivity contribution is 9.10. The van der Waals surface area contributed by atoms with Crippen LogP contribution >= 0.6 is 15.9 Å². The van der Waals surface area contributed by atoms with Crippen LogP contribution in [0.15, 0.2) is 53.0 Å². The maximum atomic E-state index is 4.91. The Balaban J connectivity index is 1.36. The summed E-state index contributed by atoms with van der Waals surface area (Å²) < 4.78 is 1.15. The van der Waals surface area contributed by atoms with Gasteiger partial charge in [0.1, 0.15) is 11.6 Å². The van der Waals surface area contributed by atoms with Crippen LogP contribution in [0.3, 0.4) is 0 Å². The largest absolute Gasteiger partial charge is 0.369 e. The molecule has 4 rings (SSSR count). The molecule has 0 bridgehead atoms. The second-order valence-electron chi connectivity index (χ2n) is 8.77. The average molecular weight is 497 g/mol. The van der Waals surface area contributed by atoms with E-state index in [2.05, 4.69) is 98.6 Å². The molecule has 0 aliphatic carbocycles. The summed E-state index contributed by atoms with van der Waals surface area (Å²) in [6.07, 6.45) is 1.08. The van der Waals surface area contributed by atoms with Crippen LogP contribution in [0.5, 0.6) is 0 Å². The minimum atomic E-state index is 0.794. The van der Waals surface area contributed by atoms with E-state index < -0.39 is 0 Å². The summed E-state index contributed by atoms with van der Waals surface area (Å²) in [7, 11) is 4.22. The van der Waals surface area contributed by atoms with E-state index >= 15 is 0 Å². The molecule has 0 unspecified atom stereocenters. The monoisotopic (exact) mass is 496 g/mol. The average Bonchev–Trinajstić information content (AvgIpc) is 2.78. The first-order valence-corrected chi connectivity index (χ1v) is 12.2. The van der Waals surface area contributed by atoms with Crippen molar-refractivity contribution in [3.8, 4) is 0 Å². The van der Waals surface area contributed by atoms with Crippen LogP contribution in [0.1, 0.15) is 17.8 Å². The second kappa shape index (κ2) is 11.2.